The van der Waals surface area contributed by atoms with Gasteiger partial charge in [0.15, 0.2) is 6.10 Å². The summed E-state index contributed by atoms with van der Waals surface area (Å²) in [6.45, 7) is 6.13. The molecule has 2 aromatic carbocycles. The Hall–Kier alpha value is -3.02. The lowest BCUT2D eigenvalue weighted by atomic mass is 10.1. The van der Waals surface area contributed by atoms with Gasteiger partial charge in [-0.15, -0.1) is 0 Å². The highest BCUT2D eigenvalue weighted by Gasteiger charge is 2.34. The van der Waals surface area contributed by atoms with Crippen molar-refractivity contribution in [3.05, 3.63) is 53.6 Å². The first-order valence-electron chi connectivity index (χ1n) is 10.7. The van der Waals surface area contributed by atoms with Crippen LogP contribution in [0.4, 0.5) is 11.4 Å². The second kappa shape index (κ2) is 8.78. The maximum absolute atomic E-state index is 13.0. The zero-order chi connectivity index (χ0) is 21.1. The first kappa shape index (κ1) is 20.3. The van der Waals surface area contributed by atoms with Crippen LogP contribution in [0.25, 0.3) is 0 Å². The maximum atomic E-state index is 13.0. The van der Waals surface area contributed by atoms with Gasteiger partial charge in [-0.1, -0.05) is 18.2 Å². The van der Waals surface area contributed by atoms with Gasteiger partial charge in [0.25, 0.3) is 5.91 Å². The molecule has 158 valence electrons. The summed E-state index contributed by atoms with van der Waals surface area (Å²) in [6, 6.07) is 13.6. The van der Waals surface area contributed by atoms with Crippen molar-refractivity contribution in [2.24, 2.45) is 0 Å². The molecule has 0 aromatic heterocycles. The molecule has 0 spiro atoms. The van der Waals surface area contributed by atoms with Crippen molar-refractivity contribution >= 4 is 23.2 Å². The van der Waals surface area contributed by atoms with E-state index in [4.69, 9.17) is 4.74 Å². The number of anilines is 2. The van der Waals surface area contributed by atoms with Gasteiger partial charge in [0.1, 0.15) is 5.75 Å². The molecule has 1 unspecified atom stereocenters. The second-order valence-electron chi connectivity index (χ2n) is 8.27. The molecule has 1 saturated heterocycles. The van der Waals surface area contributed by atoms with Gasteiger partial charge in [0.2, 0.25) is 5.91 Å². The molecular weight excluding hydrogens is 378 g/mol. The van der Waals surface area contributed by atoms with E-state index in [1.54, 1.807) is 0 Å². The third kappa shape index (κ3) is 4.58. The molecule has 6 heteroatoms. The molecule has 1 N–H and O–H groups in total. The standard InChI is InChI=1S/C24H29N3O3/c1-17-12-18(2)14-19(13-17)25-23(28)16-27-15-22(24(29)26-10-6-3-7-11-26)30-21-9-5-4-8-20(21)27/h4-5,8-9,12-14,22H,3,6-7,10-11,15-16H2,1-2H3,(H,25,28). The fourth-order valence-corrected chi connectivity index (χ4v) is 4.32. The van der Waals surface area contributed by atoms with E-state index in [1.165, 1.54) is 6.42 Å². The first-order chi connectivity index (χ1) is 14.5. The number of hydrogen-bond donors (Lipinski definition) is 1. The highest BCUT2D eigenvalue weighted by Crippen LogP contribution is 2.33. The summed E-state index contributed by atoms with van der Waals surface area (Å²) in [4.78, 5) is 29.7. The SMILES string of the molecule is Cc1cc(C)cc(NC(=O)CN2CC(C(=O)N3CCCCC3)Oc3ccccc32)c1. The molecule has 4 rings (SSSR count). The third-order valence-corrected chi connectivity index (χ3v) is 5.64. The number of aryl methyl sites for hydroxylation is 2. The summed E-state index contributed by atoms with van der Waals surface area (Å²) in [5.41, 5.74) is 3.85. The maximum Gasteiger partial charge on any atom is 0.265 e. The lowest BCUT2D eigenvalue weighted by Crippen LogP contribution is -2.52. The number of fused-ring (bicyclic) bond motifs is 1. The van der Waals surface area contributed by atoms with E-state index in [9.17, 15) is 9.59 Å². The van der Waals surface area contributed by atoms with E-state index in [0.29, 0.717) is 12.3 Å². The number of piperidine rings is 1. The quantitative estimate of drug-likeness (QED) is 0.842. The van der Waals surface area contributed by atoms with Gasteiger partial charge in [-0.05, 0) is 68.5 Å². The zero-order valence-corrected chi connectivity index (χ0v) is 17.7. The van der Waals surface area contributed by atoms with E-state index in [1.807, 2.05) is 60.0 Å². The minimum atomic E-state index is -0.591. The molecule has 30 heavy (non-hydrogen) atoms. The van der Waals surface area contributed by atoms with E-state index >= 15 is 0 Å². The summed E-state index contributed by atoms with van der Waals surface area (Å²) < 4.78 is 6.04. The van der Waals surface area contributed by atoms with Crippen molar-refractivity contribution in [3.63, 3.8) is 0 Å². The fraction of sp³-hybridized carbons (Fsp3) is 0.417. The summed E-state index contributed by atoms with van der Waals surface area (Å²) in [5.74, 6) is 0.558. The van der Waals surface area contributed by atoms with Crippen LogP contribution in [0.5, 0.6) is 5.75 Å². The van der Waals surface area contributed by atoms with Gasteiger partial charge in [-0.3, -0.25) is 9.59 Å². The average Bonchev–Trinajstić information content (AvgIpc) is 2.73. The van der Waals surface area contributed by atoms with Crippen LogP contribution in [0, 0.1) is 13.8 Å². The summed E-state index contributed by atoms with van der Waals surface area (Å²) in [5, 5.41) is 2.99. The van der Waals surface area contributed by atoms with Crippen molar-refractivity contribution in [3.8, 4) is 5.75 Å². The predicted molar refractivity (Wildman–Crippen MR) is 118 cm³/mol. The van der Waals surface area contributed by atoms with Crippen LogP contribution in [0.3, 0.4) is 0 Å². The zero-order valence-electron chi connectivity index (χ0n) is 17.7. The van der Waals surface area contributed by atoms with Gasteiger partial charge in [0, 0.05) is 18.8 Å². The number of hydrogen-bond acceptors (Lipinski definition) is 4. The van der Waals surface area contributed by atoms with Crippen LogP contribution >= 0.6 is 0 Å². The van der Waals surface area contributed by atoms with E-state index in [0.717, 1.165) is 48.4 Å². The molecule has 1 fully saturated rings. The number of amides is 2. The summed E-state index contributed by atoms with van der Waals surface area (Å²) in [7, 11) is 0. The monoisotopic (exact) mass is 407 g/mol. The molecule has 1 atom stereocenters. The molecule has 0 aliphatic carbocycles. The predicted octanol–water partition coefficient (Wildman–Crippen LogP) is 3.52. The number of ether oxygens (including phenoxy) is 1. The van der Waals surface area contributed by atoms with E-state index in [-0.39, 0.29) is 18.4 Å². The average molecular weight is 408 g/mol. The molecule has 2 aliphatic rings. The van der Waals surface area contributed by atoms with Gasteiger partial charge in [0.05, 0.1) is 18.8 Å². The lowest BCUT2D eigenvalue weighted by molar-refractivity contribution is -0.139. The molecule has 2 amide bonds. The molecule has 0 radical (unpaired) electrons. The second-order valence-corrected chi connectivity index (χ2v) is 8.27. The van der Waals surface area contributed by atoms with Crippen LogP contribution < -0.4 is 15.0 Å². The fourth-order valence-electron chi connectivity index (χ4n) is 4.32. The Bertz CT molecular complexity index is 917. The Morgan fingerprint density at radius 3 is 2.47 bits per heavy atom. The minimum Gasteiger partial charge on any atom is -0.477 e. The number of carbonyl (C=O) groups is 2. The van der Waals surface area contributed by atoms with Crippen molar-refractivity contribution in [1.82, 2.24) is 4.90 Å². The van der Waals surface area contributed by atoms with Gasteiger partial charge in [-0.25, -0.2) is 0 Å². The molecular formula is C24H29N3O3. The van der Waals surface area contributed by atoms with Crippen molar-refractivity contribution < 1.29 is 14.3 Å². The van der Waals surface area contributed by atoms with Gasteiger partial charge in [-0.2, -0.15) is 0 Å². The molecule has 2 aromatic rings. The molecule has 0 saturated carbocycles. The highest BCUT2D eigenvalue weighted by molar-refractivity contribution is 5.95. The van der Waals surface area contributed by atoms with Crippen molar-refractivity contribution in [1.29, 1.82) is 0 Å². The van der Waals surface area contributed by atoms with Crippen LogP contribution in [0.15, 0.2) is 42.5 Å². The number of carbonyl (C=O) groups excluding carboxylic acids is 2. The van der Waals surface area contributed by atoms with E-state index in [2.05, 4.69) is 11.4 Å². The highest BCUT2D eigenvalue weighted by atomic mass is 16.5. The van der Waals surface area contributed by atoms with E-state index < -0.39 is 6.10 Å². The smallest absolute Gasteiger partial charge is 0.265 e. The normalized spacial score (nSPS) is 18.4. The topological polar surface area (TPSA) is 61.9 Å². The van der Waals surface area contributed by atoms with Gasteiger partial charge >= 0.3 is 0 Å². The molecule has 2 heterocycles. The largest absolute Gasteiger partial charge is 0.477 e. The van der Waals surface area contributed by atoms with Gasteiger partial charge < -0.3 is 19.9 Å². The number of nitrogens with zero attached hydrogens (tertiary/aromatic N) is 2. The molecule has 2 aliphatic heterocycles. The van der Waals surface area contributed by atoms with Crippen LogP contribution in [-0.4, -0.2) is 49.0 Å². The first-order valence-corrected chi connectivity index (χ1v) is 10.7. The Morgan fingerprint density at radius 1 is 1.03 bits per heavy atom. The Balaban J connectivity index is 1.49. The third-order valence-electron chi connectivity index (χ3n) is 5.64. The molecule has 6 nitrogen and oxygen atoms in total. The Kier molecular flexibility index (Phi) is 5.93. The number of rotatable bonds is 4. The molecule has 0 bridgehead atoms. The van der Waals surface area contributed by atoms with Crippen LogP contribution in [0.2, 0.25) is 0 Å². The summed E-state index contributed by atoms with van der Waals surface area (Å²) in [6.07, 6.45) is 2.66. The number of benzene rings is 2. The Morgan fingerprint density at radius 2 is 1.73 bits per heavy atom. The van der Waals surface area contributed by atoms with Crippen LogP contribution in [-0.2, 0) is 9.59 Å². The number of likely N-dealkylation sites (tertiary alicyclic amines) is 1. The summed E-state index contributed by atoms with van der Waals surface area (Å²) >= 11 is 0. The number of nitrogens with one attached hydrogen (secondary N) is 1. The lowest BCUT2D eigenvalue weighted by Gasteiger charge is -2.38. The minimum absolute atomic E-state index is 0.0175. The van der Waals surface area contributed by atoms with Crippen LogP contribution in [0.1, 0.15) is 30.4 Å². The van der Waals surface area contributed by atoms with Crippen molar-refractivity contribution in [2.75, 3.05) is 36.4 Å². The Labute approximate surface area is 177 Å². The number of para-hydroxylation sites is 2. The van der Waals surface area contributed by atoms with Crippen molar-refractivity contribution in [2.45, 2.75) is 39.2 Å².